The average Bonchev–Trinajstić information content (AvgIpc) is 4.08. The van der Waals surface area contributed by atoms with Crippen molar-refractivity contribution in [1.29, 1.82) is 0 Å². The molecule has 5 nitrogen and oxygen atoms in total. The Balaban J connectivity index is 0.000000196. The Bertz CT molecular complexity index is 3660. The summed E-state index contributed by atoms with van der Waals surface area (Å²) in [6, 6.07) is 62.4. The first kappa shape index (κ1) is 43.4. The van der Waals surface area contributed by atoms with Gasteiger partial charge in [-0.2, -0.15) is 0 Å². The van der Waals surface area contributed by atoms with Gasteiger partial charge in [0, 0.05) is 41.0 Å². The normalized spacial score (nSPS) is 12.5. The van der Waals surface area contributed by atoms with E-state index in [4.69, 9.17) is 18.5 Å². The SMILES string of the molecule is CC(C)c1cccc(C(C)C)c1-n1c(-c2[c-]cccc2)nc2ccccc21.[2H]C([2H])([2H])c1cccc2c1oc1c(-c3nc4ccccc4n3-c3c(C(C)C)cc(-c4ccccc4)cc3C(C)C)[c-]ccc12.[Ir]. The second-order valence-corrected chi connectivity index (χ2v) is 18.9. The molecule has 8 aromatic carbocycles. The van der Waals surface area contributed by atoms with E-state index in [1.165, 1.54) is 39.1 Å². The first-order valence-electron chi connectivity index (χ1n) is 25.4. The number of imidazole rings is 2. The molecule has 3 aromatic heterocycles. The Labute approximate surface area is 424 Å². The van der Waals surface area contributed by atoms with Crippen LogP contribution in [-0.4, -0.2) is 19.1 Å². The number of aromatic nitrogens is 4. The van der Waals surface area contributed by atoms with E-state index in [2.05, 4.69) is 168 Å². The molecule has 0 fully saturated rings. The number of aryl methyl sites for hydroxylation is 1. The fourth-order valence-electron chi connectivity index (χ4n) is 9.70. The second kappa shape index (κ2) is 19.6. The fourth-order valence-corrected chi connectivity index (χ4v) is 9.70. The summed E-state index contributed by atoms with van der Waals surface area (Å²) < 4.78 is 35.4. The van der Waals surface area contributed by atoms with Gasteiger partial charge >= 0.3 is 0 Å². The van der Waals surface area contributed by atoms with Crippen molar-refractivity contribution in [2.24, 2.45) is 0 Å². The van der Waals surface area contributed by atoms with Crippen LogP contribution < -0.4 is 0 Å². The number of fused-ring (bicyclic) bond motifs is 5. The van der Waals surface area contributed by atoms with Crippen molar-refractivity contribution >= 4 is 44.0 Å². The molecule has 0 unspecified atom stereocenters. The number of furan rings is 1. The van der Waals surface area contributed by atoms with Gasteiger partial charge in [-0.1, -0.05) is 157 Å². The summed E-state index contributed by atoms with van der Waals surface area (Å²) in [5.41, 5.74) is 16.8. The van der Waals surface area contributed by atoms with Crippen LogP contribution >= 0.6 is 0 Å². The summed E-state index contributed by atoms with van der Waals surface area (Å²) in [5.74, 6) is 2.97. The maximum atomic E-state index is 8.12. The van der Waals surface area contributed by atoms with Crippen LogP contribution in [0.3, 0.4) is 0 Å². The number of rotatable bonds is 9. The summed E-state index contributed by atoms with van der Waals surface area (Å²) >= 11 is 0. The van der Waals surface area contributed by atoms with Gasteiger partial charge in [-0.3, -0.25) is 9.97 Å². The van der Waals surface area contributed by atoms with Crippen molar-refractivity contribution in [3.63, 3.8) is 0 Å². The van der Waals surface area contributed by atoms with Crippen molar-refractivity contribution in [3.05, 3.63) is 204 Å². The molecule has 0 saturated carbocycles. The van der Waals surface area contributed by atoms with Gasteiger partial charge in [-0.25, -0.2) is 0 Å². The molecule has 0 bridgehead atoms. The predicted octanol–water partition coefficient (Wildman–Crippen LogP) is 17.4. The standard InChI is InChI=1S/C38H33N2O.C25H25N2.Ir/c1-23(2)31-21-27(26-14-7-6-8-15-26)22-32(24(3)4)35(31)40-34-20-10-9-19-33(34)39-38(40)30-18-12-17-29-28-16-11-13-25(5)36(28)41-37(29)30;1-17(2)20-13-10-14-21(18(3)4)24(20)27-23-16-9-8-15-22(23)26-25(27)19-11-6-5-7-12-19;/h6-17,19-24H,1-5H3;5-11,13-18H,1-4H3;/q2*-1;/i5D3;;. The van der Waals surface area contributed by atoms with Gasteiger partial charge in [0.05, 0.1) is 39.3 Å². The zero-order chi connectivity index (χ0) is 49.7. The van der Waals surface area contributed by atoms with E-state index in [9.17, 15) is 0 Å². The number of hydrogen-bond acceptors (Lipinski definition) is 3. The molecule has 6 heteroatoms. The summed E-state index contributed by atoms with van der Waals surface area (Å²) in [4.78, 5) is 10.2. The van der Waals surface area contributed by atoms with Crippen LogP contribution in [0.2, 0.25) is 0 Å². The van der Waals surface area contributed by atoms with E-state index in [-0.39, 0.29) is 37.5 Å². The van der Waals surface area contributed by atoms with E-state index in [1.54, 1.807) is 12.1 Å². The Morgan fingerprint density at radius 1 is 0.478 bits per heavy atom. The van der Waals surface area contributed by atoms with E-state index in [0.29, 0.717) is 34.4 Å². The van der Waals surface area contributed by atoms with Gasteiger partial charge in [0.15, 0.2) is 0 Å². The van der Waals surface area contributed by atoms with Crippen molar-refractivity contribution in [2.45, 2.75) is 85.9 Å². The van der Waals surface area contributed by atoms with E-state index in [0.717, 1.165) is 49.9 Å². The Morgan fingerprint density at radius 3 is 1.61 bits per heavy atom. The number of benzene rings is 8. The van der Waals surface area contributed by atoms with Crippen molar-refractivity contribution < 1.29 is 28.6 Å². The molecule has 0 amide bonds. The first-order chi connectivity index (χ1) is 34.2. The monoisotopic (exact) mass is 1080 g/mol. The molecule has 0 aliphatic rings. The molecule has 0 saturated heterocycles. The molecule has 0 N–H and O–H groups in total. The quantitative estimate of drug-likeness (QED) is 0.135. The van der Waals surface area contributed by atoms with Gasteiger partial charge in [-0.05, 0) is 106 Å². The van der Waals surface area contributed by atoms with Crippen LogP contribution in [0.25, 0.3) is 89.3 Å². The first-order valence-corrected chi connectivity index (χ1v) is 23.9. The van der Waals surface area contributed by atoms with Crippen molar-refractivity contribution in [1.82, 2.24) is 19.1 Å². The average molecular weight is 1080 g/mol. The third-order valence-corrected chi connectivity index (χ3v) is 13.1. The molecule has 3 heterocycles. The molecule has 11 rings (SSSR count). The maximum absolute atomic E-state index is 8.12. The maximum Gasteiger partial charge on any atom is 0.123 e. The zero-order valence-corrected chi connectivity index (χ0v) is 42.8. The van der Waals surface area contributed by atoms with Gasteiger partial charge < -0.3 is 13.6 Å². The van der Waals surface area contributed by atoms with Crippen LogP contribution in [-0.2, 0) is 20.1 Å². The smallest absolute Gasteiger partial charge is 0.123 e. The van der Waals surface area contributed by atoms with Crippen LogP contribution in [0.1, 0.15) is 111 Å². The van der Waals surface area contributed by atoms with E-state index < -0.39 is 6.85 Å². The third kappa shape index (κ3) is 8.66. The summed E-state index contributed by atoms with van der Waals surface area (Å²) in [6.07, 6.45) is 0. The predicted molar refractivity (Wildman–Crippen MR) is 284 cm³/mol. The fraction of sp³-hybridized carbons (Fsp3) is 0.206. The third-order valence-electron chi connectivity index (χ3n) is 13.1. The molecule has 0 aliphatic carbocycles. The Morgan fingerprint density at radius 2 is 1.01 bits per heavy atom. The topological polar surface area (TPSA) is 48.8 Å². The minimum Gasteiger partial charge on any atom is -0.500 e. The minimum absolute atomic E-state index is 0. The number of para-hydroxylation sites is 6. The Kier molecular flexibility index (Phi) is 12.4. The molecule has 0 aliphatic heterocycles. The van der Waals surface area contributed by atoms with Gasteiger partial charge in [0.1, 0.15) is 5.58 Å². The van der Waals surface area contributed by atoms with Gasteiger partial charge in [0.25, 0.3) is 0 Å². The summed E-state index contributed by atoms with van der Waals surface area (Å²) in [5, 5.41) is 1.61. The molecule has 347 valence electrons. The van der Waals surface area contributed by atoms with E-state index in [1.807, 2.05) is 60.7 Å². The summed E-state index contributed by atoms with van der Waals surface area (Å²) in [7, 11) is 0. The number of hydrogen-bond donors (Lipinski definition) is 0. The largest absolute Gasteiger partial charge is 0.500 e. The second-order valence-electron chi connectivity index (χ2n) is 18.9. The van der Waals surface area contributed by atoms with Crippen molar-refractivity contribution in [3.8, 4) is 45.3 Å². The van der Waals surface area contributed by atoms with Gasteiger partial charge in [0.2, 0.25) is 0 Å². The summed E-state index contributed by atoms with van der Waals surface area (Å²) in [6.45, 7) is 15.7. The molecule has 69 heavy (non-hydrogen) atoms. The van der Waals surface area contributed by atoms with E-state index >= 15 is 0 Å². The van der Waals surface area contributed by atoms with Crippen LogP contribution in [0.4, 0.5) is 0 Å². The zero-order valence-electron chi connectivity index (χ0n) is 43.4. The minimum atomic E-state index is -2.30. The van der Waals surface area contributed by atoms with Gasteiger partial charge in [-0.15, -0.1) is 54.1 Å². The molecule has 11 aromatic rings. The van der Waals surface area contributed by atoms with Crippen LogP contribution in [0.15, 0.2) is 168 Å². The number of nitrogens with zero attached hydrogens (tertiary/aromatic N) is 4. The molecule has 0 atom stereocenters. The molecular formula is C63H58IrN4O-2. The Hall–Kier alpha value is -6.85. The van der Waals surface area contributed by atoms with Crippen LogP contribution in [0.5, 0.6) is 0 Å². The molecule has 0 spiro atoms. The van der Waals surface area contributed by atoms with Crippen LogP contribution in [0, 0.1) is 19.0 Å². The van der Waals surface area contributed by atoms with Crippen molar-refractivity contribution in [2.75, 3.05) is 0 Å². The molecular weight excluding hydrogens is 1020 g/mol. The molecule has 1 radical (unpaired) electrons.